The van der Waals surface area contributed by atoms with Crippen molar-refractivity contribution in [2.75, 3.05) is 18.0 Å². The fraction of sp³-hybridized carbons (Fsp3) is 0.438. The number of carbonyl (C=O) groups is 2. The average Bonchev–Trinajstić information content (AvgIpc) is 2.96. The number of nitrogens with one attached hydrogen (secondary N) is 2. The van der Waals surface area contributed by atoms with Crippen LogP contribution in [0.5, 0.6) is 0 Å². The van der Waals surface area contributed by atoms with Crippen molar-refractivity contribution in [2.45, 2.75) is 19.9 Å². The normalized spacial score (nSPS) is 24.3. The predicted molar refractivity (Wildman–Crippen MR) is 94.8 cm³/mol. The highest BCUT2D eigenvalue weighted by Crippen LogP contribution is 2.47. The molecule has 0 radical (unpaired) electrons. The molecule has 0 aromatic carbocycles. The van der Waals surface area contributed by atoms with E-state index >= 15 is 0 Å². The van der Waals surface area contributed by atoms with Gasteiger partial charge in [-0.1, -0.05) is 22.9 Å². The zero-order valence-corrected chi connectivity index (χ0v) is 15.2. The van der Waals surface area contributed by atoms with Crippen LogP contribution in [0.1, 0.15) is 31.5 Å². The van der Waals surface area contributed by atoms with Gasteiger partial charge >= 0.3 is 5.97 Å². The third-order valence-corrected chi connectivity index (χ3v) is 6.54. The van der Waals surface area contributed by atoms with Gasteiger partial charge in [-0.3, -0.25) is 4.79 Å². The number of amides is 1. The number of hydrogen-bond donors (Lipinski definition) is 3. The molecule has 1 aliphatic heterocycles. The van der Waals surface area contributed by atoms with Crippen LogP contribution in [-0.2, 0) is 0 Å². The highest BCUT2D eigenvalue weighted by atomic mass is 35.5. The van der Waals surface area contributed by atoms with Gasteiger partial charge in [-0.05, 0) is 19.9 Å². The molecular weight excluding hydrogens is 364 g/mol. The summed E-state index contributed by atoms with van der Waals surface area (Å²) in [7, 11) is 0. The lowest BCUT2D eigenvalue weighted by molar-refractivity contribution is 0.0701. The van der Waals surface area contributed by atoms with Crippen molar-refractivity contribution in [3.63, 3.8) is 0 Å². The van der Waals surface area contributed by atoms with Crippen LogP contribution in [0.4, 0.5) is 5.13 Å². The summed E-state index contributed by atoms with van der Waals surface area (Å²) in [5.74, 6) is -0.309. The van der Waals surface area contributed by atoms with Crippen LogP contribution < -0.4 is 10.2 Å². The number of thiazole rings is 1. The molecule has 0 bridgehead atoms. The van der Waals surface area contributed by atoms with E-state index in [4.69, 9.17) is 16.7 Å². The Morgan fingerprint density at radius 3 is 2.60 bits per heavy atom. The van der Waals surface area contributed by atoms with Gasteiger partial charge in [-0.15, -0.1) is 0 Å². The summed E-state index contributed by atoms with van der Waals surface area (Å²) in [4.78, 5) is 33.2. The second-order valence-electron chi connectivity index (χ2n) is 6.60. The van der Waals surface area contributed by atoms with Crippen LogP contribution in [0.25, 0.3) is 0 Å². The minimum Gasteiger partial charge on any atom is -0.477 e. The highest BCUT2D eigenvalue weighted by molar-refractivity contribution is 7.17. The first-order valence-corrected chi connectivity index (χ1v) is 9.16. The third-order valence-electron chi connectivity index (χ3n) is 4.94. The van der Waals surface area contributed by atoms with Crippen molar-refractivity contribution >= 4 is 39.9 Å². The second-order valence-corrected chi connectivity index (χ2v) is 7.99. The summed E-state index contributed by atoms with van der Waals surface area (Å²) >= 11 is 7.19. The molecule has 132 valence electrons. The Balaban J connectivity index is 1.37. The van der Waals surface area contributed by atoms with Gasteiger partial charge < -0.3 is 20.3 Å². The monoisotopic (exact) mass is 380 g/mol. The number of nitrogens with zero attached hydrogens (tertiary/aromatic N) is 2. The Bertz CT molecular complexity index is 845. The molecule has 9 heteroatoms. The van der Waals surface area contributed by atoms with Gasteiger partial charge in [0.05, 0.1) is 10.7 Å². The summed E-state index contributed by atoms with van der Waals surface area (Å²) < 4.78 is 0. The van der Waals surface area contributed by atoms with Crippen LogP contribution in [0.2, 0.25) is 5.02 Å². The Kier molecular flexibility index (Phi) is 3.77. The zero-order valence-electron chi connectivity index (χ0n) is 13.7. The van der Waals surface area contributed by atoms with Crippen molar-refractivity contribution in [2.24, 2.45) is 11.8 Å². The van der Waals surface area contributed by atoms with Gasteiger partial charge in [0.15, 0.2) is 5.13 Å². The number of carboxylic acids is 1. The lowest BCUT2D eigenvalue weighted by Gasteiger charge is -2.19. The smallest absolute Gasteiger partial charge is 0.347 e. The maximum absolute atomic E-state index is 12.3. The number of halogens is 1. The van der Waals surface area contributed by atoms with Crippen LogP contribution in [0, 0.1) is 25.7 Å². The number of rotatable bonds is 4. The molecule has 4 rings (SSSR count). The molecule has 1 aliphatic carbocycles. The minimum absolute atomic E-state index is 0.140. The molecule has 25 heavy (non-hydrogen) atoms. The highest BCUT2D eigenvalue weighted by Gasteiger charge is 2.57. The van der Waals surface area contributed by atoms with Gasteiger partial charge in [0, 0.05) is 36.7 Å². The van der Waals surface area contributed by atoms with E-state index < -0.39 is 5.97 Å². The molecular formula is C16H17ClN4O3S. The first kappa shape index (κ1) is 16.4. The molecule has 2 aromatic heterocycles. The predicted octanol–water partition coefficient (Wildman–Crippen LogP) is 2.30. The number of aromatic amines is 1. The largest absolute Gasteiger partial charge is 0.477 e. The van der Waals surface area contributed by atoms with E-state index in [2.05, 4.69) is 20.2 Å². The Hall–Kier alpha value is -2.06. The Morgan fingerprint density at radius 1 is 1.40 bits per heavy atom. The Labute approximate surface area is 153 Å². The van der Waals surface area contributed by atoms with Crippen molar-refractivity contribution < 1.29 is 14.7 Å². The summed E-state index contributed by atoms with van der Waals surface area (Å²) in [6.07, 6.45) is 0. The molecule has 3 N–H and O–H groups in total. The molecule has 3 heterocycles. The SMILES string of the molecule is Cc1nc(N2C[C@@H]3C(NC(=O)c4cc(Cl)c(C)[nH]4)[C@@H]3C2)sc1C(=O)O. The second kappa shape index (κ2) is 5.74. The van der Waals surface area contributed by atoms with Gasteiger partial charge in [-0.2, -0.15) is 0 Å². The molecule has 2 aromatic rings. The summed E-state index contributed by atoms with van der Waals surface area (Å²) in [5.41, 5.74) is 1.81. The number of aromatic carboxylic acids is 1. The summed E-state index contributed by atoms with van der Waals surface area (Å²) in [6.45, 7) is 5.11. The fourth-order valence-electron chi connectivity index (χ4n) is 3.50. The van der Waals surface area contributed by atoms with Crippen LogP contribution in [0.15, 0.2) is 6.07 Å². The molecule has 1 saturated carbocycles. The Morgan fingerprint density at radius 2 is 2.08 bits per heavy atom. The average molecular weight is 381 g/mol. The number of carbonyl (C=O) groups excluding carboxylic acids is 1. The van der Waals surface area contributed by atoms with Gasteiger partial charge in [0.25, 0.3) is 5.91 Å². The van der Waals surface area contributed by atoms with E-state index in [0.717, 1.165) is 23.9 Å². The van der Waals surface area contributed by atoms with E-state index in [1.165, 1.54) is 11.3 Å². The first-order valence-electron chi connectivity index (χ1n) is 7.96. The molecule has 1 unspecified atom stereocenters. The van der Waals surface area contributed by atoms with Crippen molar-refractivity contribution in [3.8, 4) is 0 Å². The number of H-pyrrole nitrogens is 1. The third kappa shape index (κ3) is 2.79. The van der Waals surface area contributed by atoms with Crippen LogP contribution >= 0.6 is 22.9 Å². The fourth-order valence-corrected chi connectivity index (χ4v) is 4.58. The molecule has 2 aliphatic rings. The number of anilines is 1. The number of hydrogen-bond acceptors (Lipinski definition) is 5. The van der Waals surface area contributed by atoms with E-state index in [1.54, 1.807) is 13.0 Å². The van der Waals surface area contributed by atoms with Crippen molar-refractivity contribution in [1.82, 2.24) is 15.3 Å². The summed E-state index contributed by atoms with van der Waals surface area (Å²) in [5, 5.41) is 13.5. The molecule has 2 fully saturated rings. The first-order chi connectivity index (χ1) is 11.8. The lowest BCUT2D eigenvalue weighted by Crippen LogP contribution is -2.34. The zero-order chi connectivity index (χ0) is 17.9. The lowest BCUT2D eigenvalue weighted by atomic mass is 10.3. The molecule has 7 nitrogen and oxygen atoms in total. The number of fused-ring (bicyclic) bond motifs is 1. The standard InChI is InChI=1S/C16H17ClN4O3S/c1-6-10(17)3-11(18-6)14(22)20-12-8-4-21(5-9(8)12)16-19-7(2)13(25-16)15(23)24/h3,8-9,12,18H,4-5H2,1-2H3,(H,20,22)(H,23,24)/t8-,9+,12?. The molecule has 3 atom stereocenters. The molecule has 1 amide bonds. The number of carboxylic acid groups (broad SMARTS) is 1. The number of aromatic nitrogens is 2. The number of piperidine rings is 1. The minimum atomic E-state index is -0.935. The van der Waals surface area contributed by atoms with Gasteiger partial charge in [0.1, 0.15) is 10.6 Å². The van der Waals surface area contributed by atoms with E-state index in [-0.39, 0.29) is 11.9 Å². The topological polar surface area (TPSA) is 98.3 Å². The van der Waals surface area contributed by atoms with Crippen LogP contribution in [-0.4, -0.2) is 46.1 Å². The maximum Gasteiger partial charge on any atom is 0.347 e. The number of aryl methyl sites for hydroxylation is 2. The van der Waals surface area contributed by atoms with Crippen LogP contribution in [0.3, 0.4) is 0 Å². The summed E-state index contributed by atoms with van der Waals surface area (Å²) in [6, 6.07) is 1.80. The molecule has 1 saturated heterocycles. The quantitative estimate of drug-likeness (QED) is 0.756. The molecule has 0 spiro atoms. The van der Waals surface area contributed by atoms with Crippen molar-refractivity contribution in [1.29, 1.82) is 0 Å². The van der Waals surface area contributed by atoms with E-state index in [0.29, 0.717) is 33.1 Å². The van der Waals surface area contributed by atoms with E-state index in [1.807, 2.05) is 6.92 Å². The maximum atomic E-state index is 12.3. The van der Waals surface area contributed by atoms with Gasteiger partial charge in [0.2, 0.25) is 0 Å². The van der Waals surface area contributed by atoms with Gasteiger partial charge in [-0.25, -0.2) is 9.78 Å². The van der Waals surface area contributed by atoms with Crippen molar-refractivity contribution in [3.05, 3.63) is 33.0 Å². The van der Waals surface area contributed by atoms with E-state index in [9.17, 15) is 9.59 Å².